The molecule has 2 atom stereocenters. The molecule has 1 aromatic heterocycles. The van der Waals surface area contributed by atoms with Gasteiger partial charge in [0, 0.05) is 10.9 Å². The molecule has 2 unspecified atom stereocenters. The highest BCUT2D eigenvalue weighted by atomic mass is 35.5. The zero-order chi connectivity index (χ0) is 12.1. The molecule has 96 valence electrons. The topological polar surface area (TPSA) is 30.5 Å². The van der Waals surface area contributed by atoms with Crippen molar-refractivity contribution in [1.29, 1.82) is 0 Å². The van der Waals surface area contributed by atoms with Crippen LogP contribution in [-0.2, 0) is 15.9 Å². The molecule has 1 fully saturated rings. The Kier molecular flexibility index (Phi) is 5.25. The Morgan fingerprint density at radius 3 is 3.00 bits per heavy atom. The molecule has 17 heavy (non-hydrogen) atoms. The summed E-state index contributed by atoms with van der Waals surface area (Å²) in [6, 6.07) is 4.33. The van der Waals surface area contributed by atoms with Gasteiger partial charge in [0.2, 0.25) is 0 Å². The van der Waals surface area contributed by atoms with E-state index in [0.29, 0.717) is 25.9 Å². The summed E-state index contributed by atoms with van der Waals surface area (Å²) in [5.41, 5.74) is 0. The summed E-state index contributed by atoms with van der Waals surface area (Å²) < 4.78 is 12.1. The van der Waals surface area contributed by atoms with Crippen molar-refractivity contribution in [2.45, 2.75) is 25.5 Å². The maximum absolute atomic E-state index is 5.95. The van der Waals surface area contributed by atoms with E-state index in [1.807, 2.05) is 6.07 Å². The van der Waals surface area contributed by atoms with Crippen molar-refractivity contribution in [1.82, 2.24) is 5.32 Å². The molecule has 1 aliphatic heterocycles. The van der Waals surface area contributed by atoms with Crippen molar-refractivity contribution in [2.75, 3.05) is 26.4 Å². The molecule has 0 amide bonds. The quantitative estimate of drug-likeness (QED) is 0.895. The van der Waals surface area contributed by atoms with Gasteiger partial charge >= 0.3 is 0 Å². The van der Waals surface area contributed by atoms with Gasteiger partial charge in [0.1, 0.15) is 0 Å². The van der Waals surface area contributed by atoms with Crippen LogP contribution >= 0.6 is 22.9 Å². The van der Waals surface area contributed by atoms with E-state index in [0.717, 1.165) is 17.3 Å². The lowest BCUT2D eigenvalue weighted by molar-refractivity contribution is -0.101. The maximum Gasteiger partial charge on any atom is 0.0965 e. The van der Waals surface area contributed by atoms with E-state index in [-0.39, 0.29) is 6.10 Å². The van der Waals surface area contributed by atoms with Crippen molar-refractivity contribution >= 4 is 22.9 Å². The van der Waals surface area contributed by atoms with E-state index < -0.39 is 0 Å². The first-order chi connectivity index (χ1) is 8.29. The van der Waals surface area contributed by atoms with Gasteiger partial charge in [-0.2, -0.15) is 0 Å². The second-order valence-corrected chi connectivity index (χ2v) is 5.86. The van der Waals surface area contributed by atoms with Crippen LogP contribution in [0.5, 0.6) is 0 Å². The molecule has 2 heterocycles. The van der Waals surface area contributed by atoms with E-state index in [2.05, 4.69) is 18.3 Å². The van der Waals surface area contributed by atoms with Crippen LogP contribution in [-0.4, -0.2) is 38.5 Å². The minimum atomic E-state index is 0.143. The highest BCUT2D eigenvalue weighted by Gasteiger charge is 2.25. The molecule has 0 saturated carbocycles. The number of nitrogens with one attached hydrogen (secondary N) is 1. The fourth-order valence-corrected chi connectivity index (χ4v) is 3.16. The van der Waals surface area contributed by atoms with Crippen molar-refractivity contribution < 1.29 is 9.47 Å². The Labute approximate surface area is 111 Å². The number of likely N-dealkylation sites (N-methyl/N-ethyl adjacent to an activating group) is 1. The molecule has 2 rings (SSSR count). The molecule has 5 heteroatoms. The molecule has 0 aromatic carbocycles. The van der Waals surface area contributed by atoms with Crippen LogP contribution in [0.15, 0.2) is 12.1 Å². The molecule has 1 aromatic rings. The molecule has 1 saturated heterocycles. The Balaban J connectivity index is 1.95. The van der Waals surface area contributed by atoms with Gasteiger partial charge in [-0.1, -0.05) is 18.5 Å². The smallest absolute Gasteiger partial charge is 0.0965 e. The molecule has 0 radical (unpaired) electrons. The summed E-state index contributed by atoms with van der Waals surface area (Å²) in [5, 5.41) is 3.47. The fourth-order valence-electron chi connectivity index (χ4n) is 2.01. The standard InChI is InChI=1S/C12H18ClNO2S/c1-2-14-10(11-8-15-5-6-16-11)7-9-3-4-12(13)17-9/h3-4,10-11,14H,2,5-8H2,1H3. The number of thiophene rings is 1. The number of ether oxygens (including phenoxy) is 2. The van der Waals surface area contributed by atoms with Gasteiger partial charge in [-0.3, -0.25) is 0 Å². The van der Waals surface area contributed by atoms with Gasteiger partial charge < -0.3 is 14.8 Å². The predicted octanol–water partition coefficient (Wildman–Crippen LogP) is 2.34. The summed E-state index contributed by atoms with van der Waals surface area (Å²) >= 11 is 7.58. The molecular formula is C12H18ClNO2S. The van der Waals surface area contributed by atoms with E-state index in [1.165, 1.54) is 4.88 Å². The molecule has 3 nitrogen and oxygen atoms in total. The average molecular weight is 276 g/mol. The van der Waals surface area contributed by atoms with E-state index >= 15 is 0 Å². The lowest BCUT2D eigenvalue weighted by Crippen LogP contribution is -2.47. The van der Waals surface area contributed by atoms with Crippen LogP contribution in [0.1, 0.15) is 11.8 Å². The fraction of sp³-hybridized carbons (Fsp3) is 0.667. The Bertz CT molecular complexity index is 339. The van der Waals surface area contributed by atoms with Gasteiger partial charge in [0.25, 0.3) is 0 Å². The van der Waals surface area contributed by atoms with E-state index in [1.54, 1.807) is 11.3 Å². The minimum Gasteiger partial charge on any atom is -0.376 e. The Morgan fingerprint density at radius 2 is 2.41 bits per heavy atom. The number of rotatable bonds is 5. The molecule has 1 aliphatic rings. The Hall–Kier alpha value is -0.130. The molecule has 0 aliphatic carbocycles. The first kappa shape index (κ1) is 13.3. The van der Waals surface area contributed by atoms with Crippen molar-refractivity contribution in [3.05, 3.63) is 21.3 Å². The van der Waals surface area contributed by atoms with Gasteiger partial charge in [-0.25, -0.2) is 0 Å². The summed E-state index contributed by atoms with van der Waals surface area (Å²) in [5.74, 6) is 0. The van der Waals surface area contributed by atoms with Gasteiger partial charge in [0.05, 0.1) is 30.3 Å². The van der Waals surface area contributed by atoms with Crippen molar-refractivity contribution in [3.63, 3.8) is 0 Å². The number of hydrogen-bond donors (Lipinski definition) is 1. The zero-order valence-corrected chi connectivity index (χ0v) is 11.5. The van der Waals surface area contributed by atoms with Gasteiger partial charge in [-0.05, 0) is 25.1 Å². The molecular weight excluding hydrogens is 258 g/mol. The minimum absolute atomic E-state index is 0.143. The van der Waals surface area contributed by atoms with Crippen LogP contribution in [0.2, 0.25) is 4.34 Å². The average Bonchev–Trinajstić information content (AvgIpc) is 2.75. The van der Waals surface area contributed by atoms with Crippen LogP contribution in [0.3, 0.4) is 0 Å². The third-order valence-electron chi connectivity index (χ3n) is 2.81. The summed E-state index contributed by atoms with van der Waals surface area (Å²) in [6.07, 6.45) is 1.09. The van der Waals surface area contributed by atoms with Crippen molar-refractivity contribution in [3.8, 4) is 0 Å². The molecule has 1 N–H and O–H groups in total. The summed E-state index contributed by atoms with van der Waals surface area (Å²) in [7, 11) is 0. The molecule has 0 bridgehead atoms. The number of hydrogen-bond acceptors (Lipinski definition) is 4. The first-order valence-corrected chi connectivity index (χ1v) is 7.16. The van der Waals surface area contributed by atoms with Crippen molar-refractivity contribution in [2.24, 2.45) is 0 Å². The SMILES string of the molecule is CCNC(Cc1ccc(Cl)s1)C1COCCO1. The van der Waals surface area contributed by atoms with Gasteiger partial charge in [-0.15, -0.1) is 11.3 Å². The van der Waals surface area contributed by atoms with Crippen LogP contribution in [0.4, 0.5) is 0 Å². The second kappa shape index (κ2) is 6.71. The lowest BCUT2D eigenvalue weighted by Gasteiger charge is -2.30. The highest BCUT2D eigenvalue weighted by molar-refractivity contribution is 7.16. The second-order valence-electron chi connectivity index (χ2n) is 4.06. The summed E-state index contributed by atoms with van der Waals surface area (Å²) in [4.78, 5) is 1.29. The highest BCUT2D eigenvalue weighted by Crippen LogP contribution is 2.23. The first-order valence-electron chi connectivity index (χ1n) is 5.96. The van der Waals surface area contributed by atoms with Crippen LogP contribution in [0, 0.1) is 0 Å². The van der Waals surface area contributed by atoms with E-state index in [4.69, 9.17) is 21.1 Å². The zero-order valence-electron chi connectivity index (χ0n) is 9.95. The maximum atomic E-state index is 5.95. The lowest BCUT2D eigenvalue weighted by atomic mass is 10.1. The monoisotopic (exact) mass is 275 g/mol. The third-order valence-corrected chi connectivity index (χ3v) is 4.06. The van der Waals surface area contributed by atoms with E-state index in [9.17, 15) is 0 Å². The van der Waals surface area contributed by atoms with Crippen LogP contribution < -0.4 is 5.32 Å². The predicted molar refractivity (Wildman–Crippen MR) is 71.1 cm³/mol. The molecule has 0 spiro atoms. The van der Waals surface area contributed by atoms with Crippen LogP contribution in [0.25, 0.3) is 0 Å². The third kappa shape index (κ3) is 3.93. The summed E-state index contributed by atoms with van der Waals surface area (Å²) in [6.45, 7) is 5.12. The normalized spacial score (nSPS) is 22.6. The van der Waals surface area contributed by atoms with Gasteiger partial charge in [0.15, 0.2) is 0 Å². The Morgan fingerprint density at radius 1 is 1.53 bits per heavy atom. The largest absolute Gasteiger partial charge is 0.376 e. The number of halogens is 1.